The number of nitrogens with zero attached hydrogens (tertiary/aromatic N) is 2. The minimum absolute atomic E-state index is 0.0603. The maximum absolute atomic E-state index is 12.5. The number of amides is 2. The molecule has 0 aromatic carbocycles. The number of aliphatic hydroxyl groups excluding tert-OH is 1. The Hall–Kier alpha value is -2.17. The van der Waals surface area contributed by atoms with Gasteiger partial charge in [-0.15, -0.1) is 0 Å². The highest BCUT2D eigenvalue weighted by Crippen LogP contribution is 2.46. The molecule has 0 bridgehead atoms. The minimum atomic E-state index is -2.04. The number of ether oxygens (including phenoxy) is 1. The van der Waals surface area contributed by atoms with Crippen LogP contribution in [0, 0.1) is 5.92 Å². The molecular formula is C26H44N4O5Si. The van der Waals surface area contributed by atoms with Crippen LogP contribution in [0.5, 0.6) is 0 Å². The second kappa shape index (κ2) is 9.94. The van der Waals surface area contributed by atoms with Crippen LogP contribution in [0.15, 0.2) is 6.20 Å². The van der Waals surface area contributed by atoms with Crippen molar-refractivity contribution >= 4 is 26.0 Å². The number of pyridine rings is 1. The Balaban J connectivity index is 1.95. The molecule has 0 saturated carbocycles. The Kier molecular flexibility index (Phi) is 7.84. The average molecular weight is 521 g/mol. The minimum Gasteiger partial charge on any atom is -0.444 e. The van der Waals surface area contributed by atoms with Crippen LogP contribution in [0.25, 0.3) is 0 Å². The van der Waals surface area contributed by atoms with Gasteiger partial charge in [0.05, 0.1) is 35.2 Å². The van der Waals surface area contributed by atoms with Gasteiger partial charge in [0.2, 0.25) is 0 Å². The highest BCUT2D eigenvalue weighted by molar-refractivity contribution is 6.74. The number of nitrogens with two attached hydrogens (primary N) is 1. The van der Waals surface area contributed by atoms with E-state index in [9.17, 15) is 14.7 Å². The molecule has 1 aliphatic carbocycles. The van der Waals surface area contributed by atoms with E-state index in [4.69, 9.17) is 14.9 Å². The van der Waals surface area contributed by atoms with Crippen molar-refractivity contribution < 1.29 is 23.9 Å². The van der Waals surface area contributed by atoms with Crippen LogP contribution in [0.2, 0.25) is 18.1 Å². The van der Waals surface area contributed by atoms with Gasteiger partial charge in [0.25, 0.3) is 5.91 Å². The zero-order valence-electron chi connectivity index (χ0n) is 23.3. The van der Waals surface area contributed by atoms with Crippen molar-refractivity contribution in [3.8, 4) is 0 Å². The van der Waals surface area contributed by atoms with Crippen LogP contribution in [-0.4, -0.2) is 61.2 Å². The lowest BCUT2D eigenvalue weighted by Crippen LogP contribution is -2.59. The Labute approximate surface area is 216 Å². The van der Waals surface area contributed by atoms with Gasteiger partial charge in [-0.2, -0.15) is 0 Å². The number of fused-ring (bicyclic) bond motifs is 1. The molecule has 2 aliphatic rings. The Morgan fingerprint density at radius 2 is 1.83 bits per heavy atom. The van der Waals surface area contributed by atoms with Gasteiger partial charge in [-0.25, -0.2) is 4.79 Å². The van der Waals surface area contributed by atoms with E-state index in [0.717, 1.165) is 29.8 Å². The zero-order chi connectivity index (χ0) is 27.2. The second-order valence-electron chi connectivity index (χ2n) is 12.8. The van der Waals surface area contributed by atoms with Crippen molar-refractivity contribution in [1.82, 2.24) is 10.3 Å². The summed E-state index contributed by atoms with van der Waals surface area (Å²) in [5.74, 6) is -0.714. The highest BCUT2D eigenvalue weighted by Gasteiger charge is 2.43. The number of hydrogen-bond acceptors (Lipinski definition) is 7. The number of aliphatic hydroxyl groups is 1. The molecule has 2 heterocycles. The molecule has 36 heavy (non-hydrogen) atoms. The summed E-state index contributed by atoms with van der Waals surface area (Å²) in [6.07, 6.45) is 1.58. The summed E-state index contributed by atoms with van der Waals surface area (Å²) >= 11 is 0. The summed E-state index contributed by atoms with van der Waals surface area (Å²) in [6, 6.07) is -0.575. The number of aromatic nitrogens is 1. The van der Waals surface area contributed by atoms with E-state index in [1.807, 2.05) is 6.92 Å². The average Bonchev–Trinajstić information content (AvgIpc) is 3.10. The van der Waals surface area contributed by atoms with E-state index < -0.39 is 38.1 Å². The SMILES string of the molecule is CC1CN(c2c(C(N)=O)cnc3c2CCC3O[Si](C)(C)C(C)(C)C)CC(NC(=O)OC(C)(C)C)[C@@H]1O. The first-order chi connectivity index (χ1) is 16.4. The molecule has 1 aliphatic heterocycles. The van der Waals surface area contributed by atoms with Crippen LogP contribution >= 0.6 is 0 Å². The summed E-state index contributed by atoms with van der Waals surface area (Å²) < 4.78 is 12.1. The molecular weight excluding hydrogens is 476 g/mol. The number of piperidine rings is 1. The Morgan fingerprint density at radius 3 is 2.39 bits per heavy atom. The molecule has 10 heteroatoms. The molecule has 1 saturated heterocycles. The molecule has 1 aromatic rings. The van der Waals surface area contributed by atoms with Crippen LogP contribution in [-0.2, 0) is 15.6 Å². The van der Waals surface area contributed by atoms with Gasteiger partial charge in [0, 0.05) is 30.8 Å². The zero-order valence-corrected chi connectivity index (χ0v) is 24.3. The predicted octanol–water partition coefficient (Wildman–Crippen LogP) is 3.90. The molecule has 0 radical (unpaired) electrons. The largest absolute Gasteiger partial charge is 0.444 e. The summed E-state index contributed by atoms with van der Waals surface area (Å²) in [4.78, 5) is 31.6. The fraction of sp³-hybridized carbons (Fsp3) is 0.731. The number of carbonyl (C=O) groups is 2. The van der Waals surface area contributed by atoms with Crippen molar-refractivity contribution in [3.63, 3.8) is 0 Å². The first-order valence-electron chi connectivity index (χ1n) is 12.8. The second-order valence-corrected chi connectivity index (χ2v) is 17.5. The van der Waals surface area contributed by atoms with Gasteiger partial charge < -0.3 is 30.2 Å². The predicted molar refractivity (Wildman–Crippen MR) is 143 cm³/mol. The van der Waals surface area contributed by atoms with Crippen molar-refractivity contribution in [2.24, 2.45) is 11.7 Å². The number of hydrogen-bond donors (Lipinski definition) is 3. The van der Waals surface area contributed by atoms with Gasteiger partial charge >= 0.3 is 6.09 Å². The number of primary amides is 1. The Morgan fingerprint density at radius 1 is 1.19 bits per heavy atom. The van der Waals surface area contributed by atoms with Crippen LogP contribution in [0.1, 0.15) is 82.6 Å². The summed E-state index contributed by atoms with van der Waals surface area (Å²) in [6.45, 7) is 19.2. The number of rotatable bonds is 5. The van der Waals surface area contributed by atoms with Gasteiger partial charge in [0.15, 0.2) is 8.32 Å². The molecule has 4 N–H and O–H groups in total. The molecule has 3 rings (SSSR count). The topological polar surface area (TPSA) is 127 Å². The monoisotopic (exact) mass is 520 g/mol. The number of carbonyl (C=O) groups excluding carboxylic acids is 2. The van der Waals surface area contributed by atoms with E-state index in [1.54, 1.807) is 27.0 Å². The first-order valence-corrected chi connectivity index (χ1v) is 15.7. The molecule has 9 nitrogen and oxygen atoms in total. The quantitative estimate of drug-likeness (QED) is 0.503. The smallest absolute Gasteiger partial charge is 0.408 e. The van der Waals surface area contributed by atoms with E-state index in [2.05, 4.69) is 49.1 Å². The summed E-state index contributed by atoms with van der Waals surface area (Å²) in [5, 5.41) is 13.7. The van der Waals surface area contributed by atoms with Gasteiger partial charge in [-0.3, -0.25) is 9.78 Å². The molecule has 202 valence electrons. The third kappa shape index (κ3) is 6.03. The van der Waals surface area contributed by atoms with Crippen molar-refractivity contribution in [3.05, 3.63) is 23.0 Å². The molecule has 1 aromatic heterocycles. The van der Waals surface area contributed by atoms with E-state index in [-0.39, 0.29) is 17.1 Å². The van der Waals surface area contributed by atoms with Crippen LogP contribution < -0.4 is 16.0 Å². The normalized spacial score (nSPS) is 24.9. The summed E-state index contributed by atoms with van der Waals surface area (Å²) in [5.41, 5.74) is 8.04. The number of anilines is 1. The summed E-state index contributed by atoms with van der Waals surface area (Å²) in [7, 11) is -2.04. The number of nitrogens with one attached hydrogen (secondary N) is 1. The van der Waals surface area contributed by atoms with Gasteiger partial charge in [-0.05, 0) is 51.7 Å². The van der Waals surface area contributed by atoms with Gasteiger partial charge in [-0.1, -0.05) is 27.7 Å². The highest BCUT2D eigenvalue weighted by atomic mass is 28.4. The maximum atomic E-state index is 12.5. The lowest BCUT2D eigenvalue weighted by atomic mass is 9.91. The van der Waals surface area contributed by atoms with E-state index >= 15 is 0 Å². The maximum Gasteiger partial charge on any atom is 0.408 e. The standard InChI is InChI=1S/C26H44N4O5Si/c1-15-13-30(14-18(22(15)31)29-24(33)34-25(2,3)4)21-16-10-11-19(35-36(8,9)26(5,6)7)20(16)28-12-17(21)23(27)32/h12,15,18-19,22,31H,10-11,13-14H2,1-9H3,(H2,27,32)(H,29,33)/t15?,18?,19?,22-/m1/s1. The van der Waals surface area contributed by atoms with Crippen molar-refractivity contribution in [2.45, 2.75) is 103 Å². The molecule has 3 unspecified atom stereocenters. The van der Waals surface area contributed by atoms with Crippen LogP contribution in [0.4, 0.5) is 10.5 Å². The molecule has 0 spiro atoms. The number of alkyl carbamates (subject to hydrolysis) is 1. The molecule has 1 fully saturated rings. The molecule has 2 amide bonds. The van der Waals surface area contributed by atoms with E-state index in [1.165, 1.54) is 0 Å². The first kappa shape index (κ1) is 28.4. The third-order valence-corrected chi connectivity index (χ3v) is 12.1. The van der Waals surface area contributed by atoms with Crippen molar-refractivity contribution in [2.75, 3.05) is 18.0 Å². The fourth-order valence-electron chi connectivity index (χ4n) is 4.73. The fourth-order valence-corrected chi connectivity index (χ4v) is 6.02. The van der Waals surface area contributed by atoms with Crippen molar-refractivity contribution in [1.29, 1.82) is 0 Å². The lowest BCUT2D eigenvalue weighted by molar-refractivity contribution is 0.0302. The van der Waals surface area contributed by atoms with E-state index in [0.29, 0.717) is 18.7 Å². The molecule has 4 atom stereocenters. The van der Waals surface area contributed by atoms with Gasteiger partial charge in [0.1, 0.15) is 5.60 Å². The Bertz CT molecular complexity index is 1000. The van der Waals surface area contributed by atoms with Crippen LogP contribution in [0.3, 0.4) is 0 Å². The lowest BCUT2D eigenvalue weighted by Gasteiger charge is -2.42. The third-order valence-electron chi connectivity index (χ3n) is 7.59.